The lowest BCUT2D eigenvalue weighted by Gasteiger charge is -2.38. The summed E-state index contributed by atoms with van der Waals surface area (Å²) in [5.74, 6) is 1.10. The molecule has 0 spiro atoms. The molecule has 4 rings (SSSR count). The van der Waals surface area contributed by atoms with Crippen LogP contribution in [0, 0.1) is 5.82 Å². The molecule has 1 aliphatic heterocycles. The largest absolute Gasteiger partial charge is 0.487 e. The number of carbonyl (C=O) groups is 1. The third-order valence-corrected chi connectivity index (χ3v) is 4.68. The van der Waals surface area contributed by atoms with Crippen molar-refractivity contribution in [2.24, 2.45) is 0 Å². The van der Waals surface area contributed by atoms with Crippen molar-refractivity contribution in [2.45, 2.75) is 32.4 Å². The predicted octanol–water partition coefficient (Wildman–Crippen LogP) is 3.55. The van der Waals surface area contributed by atoms with Gasteiger partial charge in [-0.15, -0.1) is 0 Å². The summed E-state index contributed by atoms with van der Waals surface area (Å²) in [7, 11) is 0. The molecule has 0 radical (unpaired) electrons. The second-order valence-corrected chi connectivity index (χ2v) is 8.62. The van der Waals surface area contributed by atoms with Gasteiger partial charge in [0.25, 0.3) is 5.91 Å². The summed E-state index contributed by atoms with van der Waals surface area (Å²) in [5, 5.41) is 6.07. The van der Waals surface area contributed by atoms with Crippen LogP contribution in [0.5, 0.6) is 5.75 Å². The fourth-order valence-electron chi connectivity index (χ4n) is 3.16. The summed E-state index contributed by atoms with van der Waals surface area (Å²) >= 11 is 0. The Morgan fingerprint density at radius 1 is 1.12 bits per heavy atom. The number of halogens is 1. The summed E-state index contributed by atoms with van der Waals surface area (Å²) < 4.78 is 18.8. The van der Waals surface area contributed by atoms with Crippen LogP contribution in [0.4, 0.5) is 22.0 Å². The first-order valence-corrected chi connectivity index (χ1v) is 10.3. The molecular formula is C23H25FN6O2. The number of hydrogen-bond acceptors (Lipinski definition) is 7. The maximum Gasteiger partial charge on any atom is 0.251 e. The van der Waals surface area contributed by atoms with Crippen LogP contribution in [-0.4, -0.2) is 45.6 Å². The van der Waals surface area contributed by atoms with Crippen LogP contribution >= 0.6 is 0 Å². The van der Waals surface area contributed by atoms with Gasteiger partial charge in [0.15, 0.2) is 0 Å². The molecule has 1 aliphatic rings. The summed E-state index contributed by atoms with van der Waals surface area (Å²) in [6.07, 6.45) is 1.42. The van der Waals surface area contributed by atoms with Crippen molar-refractivity contribution in [1.29, 1.82) is 0 Å². The van der Waals surface area contributed by atoms with Gasteiger partial charge in [-0.2, -0.15) is 4.98 Å². The van der Waals surface area contributed by atoms with Crippen LogP contribution in [0.15, 0.2) is 54.9 Å². The summed E-state index contributed by atoms with van der Waals surface area (Å²) in [6, 6.07) is 13.1. The Morgan fingerprint density at radius 2 is 1.88 bits per heavy atom. The minimum absolute atomic E-state index is 0.0216. The fraction of sp³-hybridized carbons (Fsp3) is 0.304. The normalized spacial score (nSPS) is 13.9. The van der Waals surface area contributed by atoms with Crippen molar-refractivity contribution >= 4 is 23.5 Å². The highest BCUT2D eigenvalue weighted by molar-refractivity contribution is 5.95. The van der Waals surface area contributed by atoms with Gasteiger partial charge in [-0.05, 0) is 63.2 Å². The molecule has 9 heteroatoms. The molecule has 3 aromatic rings. The van der Waals surface area contributed by atoms with Crippen molar-refractivity contribution in [3.63, 3.8) is 0 Å². The third-order valence-electron chi connectivity index (χ3n) is 4.68. The Bertz CT molecular complexity index is 1090. The SMILES string of the molecule is CC(C)(C)NC(=O)c1cccc(Nc2ncnc(N3CC(Oc4ccc(F)cc4)C3)n2)c1. The molecule has 1 aromatic heterocycles. The molecule has 0 saturated carbocycles. The highest BCUT2D eigenvalue weighted by Gasteiger charge is 2.30. The zero-order valence-electron chi connectivity index (χ0n) is 18.2. The van der Waals surface area contributed by atoms with Crippen molar-refractivity contribution in [1.82, 2.24) is 20.3 Å². The maximum atomic E-state index is 13.0. The fourth-order valence-corrected chi connectivity index (χ4v) is 3.16. The second kappa shape index (κ2) is 8.78. The minimum atomic E-state index is -0.320. The predicted molar refractivity (Wildman–Crippen MR) is 120 cm³/mol. The van der Waals surface area contributed by atoms with Crippen molar-refractivity contribution in [3.8, 4) is 5.75 Å². The van der Waals surface area contributed by atoms with Crippen LogP contribution < -0.4 is 20.3 Å². The van der Waals surface area contributed by atoms with Crippen molar-refractivity contribution in [2.75, 3.05) is 23.3 Å². The number of nitrogens with one attached hydrogen (secondary N) is 2. The number of rotatable bonds is 6. The molecule has 0 aliphatic carbocycles. The van der Waals surface area contributed by atoms with E-state index in [0.717, 1.165) is 0 Å². The Balaban J connectivity index is 1.36. The van der Waals surface area contributed by atoms with Gasteiger partial charge >= 0.3 is 0 Å². The van der Waals surface area contributed by atoms with E-state index in [0.29, 0.717) is 42.0 Å². The smallest absolute Gasteiger partial charge is 0.251 e. The molecule has 32 heavy (non-hydrogen) atoms. The lowest BCUT2D eigenvalue weighted by atomic mass is 10.1. The first-order chi connectivity index (χ1) is 15.2. The van der Waals surface area contributed by atoms with E-state index in [4.69, 9.17) is 4.74 Å². The number of amides is 1. The number of aromatic nitrogens is 3. The number of benzene rings is 2. The molecule has 0 unspecified atom stereocenters. The number of carbonyl (C=O) groups excluding carboxylic acids is 1. The van der Waals surface area contributed by atoms with Gasteiger partial charge in [-0.3, -0.25) is 4.79 Å². The Kier molecular flexibility index (Phi) is 5.89. The number of anilines is 3. The van der Waals surface area contributed by atoms with Crippen LogP contribution in [0.2, 0.25) is 0 Å². The van der Waals surface area contributed by atoms with E-state index in [2.05, 4.69) is 25.6 Å². The number of nitrogens with zero attached hydrogens (tertiary/aromatic N) is 4. The van der Waals surface area contributed by atoms with Crippen LogP contribution in [0.25, 0.3) is 0 Å². The van der Waals surface area contributed by atoms with Gasteiger partial charge in [0.1, 0.15) is 24.0 Å². The van der Waals surface area contributed by atoms with E-state index >= 15 is 0 Å². The zero-order chi connectivity index (χ0) is 22.7. The highest BCUT2D eigenvalue weighted by Crippen LogP contribution is 2.23. The standard InChI is InChI=1S/C23H25FN6O2/c1-23(2,3)29-20(31)15-5-4-6-17(11-15)27-21-25-14-26-22(28-21)30-12-19(13-30)32-18-9-7-16(24)8-10-18/h4-11,14,19H,12-13H2,1-3H3,(H,29,31)(H,25,26,27,28). The van der Waals surface area contributed by atoms with E-state index < -0.39 is 0 Å². The van der Waals surface area contributed by atoms with Gasteiger partial charge in [0.2, 0.25) is 11.9 Å². The molecule has 166 valence electrons. The van der Waals surface area contributed by atoms with Crippen LogP contribution in [0.1, 0.15) is 31.1 Å². The Labute approximate surface area is 185 Å². The molecule has 0 bridgehead atoms. The van der Waals surface area contributed by atoms with Crippen molar-refractivity contribution < 1.29 is 13.9 Å². The van der Waals surface area contributed by atoms with Gasteiger partial charge in [-0.25, -0.2) is 14.4 Å². The molecule has 2 aromatic carbocycles. The topological polar surface area (TPSA) is 92.3 Å². The minimum Gasteiger partial charge on any atom is -0.487 e. The van der Waals surface area contributed by atoms with E-state index in [1.165, 1.54) is 18.5 Å². The maximum absolute atomic E-state index is 13.0. The average molecular weight is 436 g/mol. The molecule has 8 nitrogen and oxygen atoms in total. The molecule has 2 N–H and O–H groups in total. The van der Waals surface area contributed by atoms with E-state index in [1.54, 1.807) is 30.3 Å². The molecule has 2 heterocycles. The van der Waals surface area contributed by atoms with E-state index in [9.17, 15) is 9.18 Å². The lowest BCUT2D eigenvalue weighted by molar-refractivity contribution is 0.0919. The first-order valence-electron chi connectivity index (χ1n) is 10.3. The van der Waals surface area contributed by atoms with E-state index in [1.807, 2.05) is 31.7 Å². The molecule has 1 amide bonds. The molecule has 0 atom stereocenters. The first kappa shape index (κ1) is 21.5. The Morgan fingerprint density at radius 3 is 2.59 bits per heavy atom. The van der Waals surface area contributed by atoms with Gasteiger partial charge in [-0.1, -0.05) is 6.07 Å². The lowest BCUT2D eigenvalue weighted by Crippen LogP contribution is -2.54. The number of hydrogen-bond donors (Lipinski definition) is 2. The number of ether oxygens (including phenoxy) is 1. The monoisotopic (exact) mass is 436 g/mol. The highest BCUT2D eigenvalue weighted by atomic mass is 19.1. The van der Waals surface area contributed by atoms with Crippen LogP contribution in [0.3, 0.4) is 0 Å². The molecule has 1 saturated heterocycles. The summed E-state index contributed by atoms with van der Waals surface area (Å²) in [6.45, 7) is 7.03. The average Bonchev–Trinajstić information content (AvgIpc) is 2.71. The second-order valence-electron chi connectivity index (χ2n) is 8.62. The Hall–Kier alpha value is -3.75. The van der Waals surface area contributed by atoms with Gasteiger partial charge in [0, 0.05) is 16.8 Å². The van der Waals surface area contributed by atoms with Crippen LogP contribution in [-0.2, 0) is 0 Å². The van der Waals surface area contributed by atoms with Gasteiger partial charge < -0.3 is 20.3 Å². The molecular weight excluding hydrogens is 411 g/mol. The summed E-state index contributed by atoms with van der Waals surface area (Å²) in [4.78, 5) is 27.3. The molecule has 1 fully saturated rings. The van der Waals surface area contributed by atoms with Crippen molar-refractivity contribution in [3.05, 3.63) is 66.2 Å². The summed E-state index contributed by atoms with van der Waals surface area (Å²) in [5.41, 5.74) is 0.923. The quantitative estimate of drug-likeness (QED) is 0.610. The third kappa shape index (κ3) is 5.48. The van der Waals surface area contributed by atoms with Gasteiger partial charge in [0.05, 0.1) is 13.1 Å². The van der Waals surface area contributed by atoms with E-state index in [-0.39, 0.29) is 23.4 Å². The zero-order valence-corrected chi connectivity index (χ0v) is 18.2.